The molecule has 3 unspecified atom stereocenters. The average Bonchev–Trinajstić information content (AvgIpc) is 2.99. The van der Waals surface area contributed by atoms with Gasteiger partial charge in [-0.1, -0.05) is 0 Å². The minimum absolute atomic E-state index is 0.155. The van der Waals surface area contributed by atoms with Crippen molar-refractivity contribution in [3.05, 3.63) is 0 Å². The number of aliphatic hydroxyl groups excluding tert-OH is 1. The highest BCUT2D eigenvalue weighted by atomic mass is 16.3. The number of piperidine rings is 1. The number of fused-ring (bicyclic) bond motifs is 1. The van der Waals surface area contributed by atoms with E-state index in [-0.39, 0.29) is 24.3 Å². The van der Waals surface area contributed by atoms with Crippen LogP contribution in [-0.2, 0) is 4.79 Å². The molecule has 1 N–H and O–H groups in total. The smallest absolute Gasteiger partial charge is 0.226 e. The molecular weight excluding hydrogens is 230 g/mol. The number of piperazine rings is 1. The van der Waals surface area contributed by atoms with E-state index in [1.807, 2.05) is 4.90 Å². The van der Waals surface area contributed by atoms with Crippen LogP contribution in [0.25, 0.3) is 0 Å². The number of hydrogen-bond acceptors (Lipinski definition) is 4. The van der Waals surface area contributed by atoms with Crippen LogP contribution in [0.3, 0.4) is 0 Å². The lowest BCUT2D eigenvalue weighted by molar-refractivity contribution is -0.131. The molecule has 2 heterocycles. The van der Waals surface area contributed by atoms with Crippen molar-refractivity contribution >= 4 is 5.91 Å². The molecule has 0 aromatic carbocycles. The molecule has 3 fully saturated rings. The van der Waals surface area contributed by atoms with Crippen LogP contribution >= 0.6 is 0 Å². The summed E-state index contributed by atoms with van der Waals surface area (Å²) < 4.78 is 0. The lowest BCUT2D eigenvalue weighted by Crippen LogP contribution is -2.47. The largest absolute Gasteiger partial charge is 0.396 e. The second-order valence-corrected chi connectivity index (χ2v) is 5.97. The van der Waals surface area contributed by atoms with Gasteiger partial charge < -0.3 is 14.9 Å². The third-order valence-electron chi connectivity index (χ3n) is 4.85. The number of hydrogen-bond donors (Lipinski definition) is 1. The van der Waals surface area contributed by atoms with Gasteiger partial charge in [0.2, 0.25) is 5.91 Å². The molecule has 5 nitrogen and oxygen atoms in total. The highest BCUT2D eigenvalue weighted by Crippen LogP contribution is 2.51. The van der Waals surface area contributed by atoms with Gasteiger partial charge >= 0.3 is 0 Å². The van der Waals surface area contributed by atoms with Crippen molar-refractivity contribution in [1.82, 2.24) is 14.7 Å². The molecule has 2 saturated heterocycles. The van der Waals surface area contributed by atoms with Gasteiger partial charge in [-0.2, -0.15) is 0 Å². The Morgan fingerprint density at radius 3 is 2.50 bits per heavy atom. The lowest BCUT2D eigenvalue weighted by Gasteiger charge is -2.33. The molecule has 0 aromatic rings. The van der Waals surface area contributed by atoms with Crippen LogP contribution in [0.2, 0.25) is 0 Å². The van der Waals surface area contributed by atoms with Crippen LogP contribution < -0.4 is 0 Å². The molecule has 102 valence electrons. The minimum Gasteiger partial charge on any atom is -0.396 e. The SMILES string of the molecule is CN1CCN(CCN2CC3C(CO)C3C2=O)CC1. The summed E-state index contributed by atoms with van der Waals surface area (Å²) in [5.74, 6) is 1.17. The first-order valence-corrected chi connectivity index (χ1v) is 7.01. The van der Waals surface area contributed by atoms with Crippen molar-refractivity contribution in [3.63, 3.8) is 0 Å². The summed E-state index contributed by atoms with van der Waals surface area (Å²) >= 11 is 0. The van der Waals surface area contributed by atoms with E-state index in [0.29, 0.717) is 5.92 Å². The second kappa shape index (κ2) is 4.79. The number of nitrogens with zero attached hydrogens (tertiary/aromatic N) is 3. The van der Waals surface area contributed by atoms with Crippen LogP contribution in [0.4, 0.5) is 0 Å². The summed E-state index contributed by atoms with van der Waals surface area (Å²) in [4.78, 5) is 18.8. The van der Waals surface area contributed by atoms with Gasteiger partial charge in [-0.3, -0.25) is 9.69 Å². The number of rotatable bonds is 4. The number of carbonyl (C=O) groups excluding carboxylic acids is 1. The van der Waals surface area contributed by atoms with Crippen LogP contribution in [0, 0.1) is 17.8 Å². The quantitative estimate of drug-likeness (QED) is 0.693. The van der Waals surface area contributed by atoms with Gasteiger partial charge in [-0.25, -0.2) is 0 Å². The monoisotopic (exact) mass is 253 g/mol. The van der Waals surface area contributed by atoms with Crippen molar-refractivity contribution in [2.45, 2.75) is 0 Å². The van der Waals surface area contributed by atoms with E-state index in [4.69, 9.17) is 5.11 Å². The fourth-order valence-corrected chi connectivity index (χ4v) is 3.40. The molecule has 1 amide bonds. The van der Waals surface area contributed by atoms with Gasteiger partial charge in [0.05, 0.1) is 0 Å². The molecule has 3 aliphatic rings. The maximum Gasteiger partial charge on any atom is 0.226 e. The molecular formula is C13H23N3O2. The molecule has 3 rings (SSSR count). The fraction of sp³-hybridized carbons (Fsp3) is 0.923. The van der Waals surface area contributed by atoms with E-state index in [1.165, 1.54) is 0 Å². The summed E-state index contributed by atoms with van der Waals surface area (Å²) in [7, 11) is 2.16. The Hall–Kier alpha value is -0.650. The van der Waals surface area contributed by atoms with Crippen LogP contribution in [0.15, 0.2) is 0 Å². The van der Waals surface area contributed by atoms with Crippen molar-refractivity contribution < 1.29 is 9.90 Å². The van der Waals surface area contributed by atoms with E-state index in [0.717, 1.165) is 45.8 Å². The Labute approximate surface area is 108 Å². The first kappa shape index (κ1) is 12.4. The first-order chi connectivity index (χ1) is 8.70. The van der Waals surface area contributed by atoms with Gasteiger partial charge in [-0.05, 0) is 18.9 Å². The molecule has 0 bridgehead atoms. The Morgan fingerprint density at radius 2 is 1.94 bits per heavy atom. The van der Waals surface area contributed by atoms with Crippen molar-refractivity contribution in [2.75, 3.05) is 59.5 Å². The van der Waals surface area contributed by atoms with Gasteiger partial charge in [0, 0.05) is 58.3 Å². The summed E-state index contributed by atoms with van der Waals surface area (Å²) in [6.45, 7) is 7.43. The van der Waals surface area contributed by atoms with Crippen LogP contribution in [0.1, 0.15) is 0 Å². The zero-order valence-corrected chi connectivity index (χ0v) is 11.1. The van der Waals surface area contributed by atoms with Crippen molar-refractivity contribution in [2.24, 2.45) is 17.8 Å². The summed E-state index contributed by atoms with van der Waals surface area (Å²) in [5.41, 5.74) is 0. The average molecular weight is 253 g/mol. The number of likely N-dealkylation sites (N-methyl/N-ethyl adjacent to an activating group) is 1. The Balaban J connectivity index is 1.41. The third kappa shape index (κ3) is 2.15. The lowest BCUT2D eigenvalue weighted by atomic mass is 10.2. The molecule has 18 heavy (non-hydrogen) atoms. The normalized spacial score (nSPS) is 37.1. The van der Waals surface area contributed by atoms with Gasteiger partial charge in [0.15, 0.2) is 0 Å². The Kier molecular flexibility index (Phi) is 3.30. The van der Waals surface area contributed by atoms with Crippen LogP contribution in [0.5, 0.6) is 0 Å². The standard InChI is InChI=1S/C13H23N3O2/c1-14-2-4-15(5-3-14)6-7-16-8-10-11(9-17)12(10)13(16)18/h10-12,17H,2-9H2,1H3. The maximum absolute atomic E-state index is 12.0. The van der Waals surface area contributed by atoms with Crippen molar-refractivity contribution in [1.29, 1.82) is 0 Å². The minimum atomic E-state index is 0.155. The number of amides is 1. The van der Waals surface area contributed by atoms with Crippen LogP contribution in [-0.4, -0.2) is 85.2 Å². The van der Waals surface area contributed by atoms with Gasteiger partial charge in [0.1, 0.15) is 0 Å². The summed E-state index contributed by atoms with van der Waals surface area (Å²) in [5, 5.41) is 9.09. The maximum atomic E-state index is 12.0. The van der Waals surface area contributed by atoms with E-state index < -0.39 is 0 Å². The summed E-state index contributed by atoms with van der Waals surface area (Å²) in [6, 6.07) is 0. The first-order valence-electron chi connectivity index (χ1n) is 7.01. The molecule has 0 spiro atoms. The van der Waals surface area contributed by atoms with Gasteiger partial charge in [0.25, 0.3) is 0 Å². The highest BCUT2D eigenvalue weighted by Gasteiger charge is 2.60. The molecule has 5 heteroatoms. The number of aliphatic hydroxyl groups is 1. The Morgan fingerprint density at radius 1 is 1.22 bits per heavy atom. The number of carbonyl (C=O) groups is 1. The molecule has 1 aliphatic carbocycles. The second-order valence-electron chi connectivity index (χ2n) is 5.97. The zero-order valence-electron chi connectivity index (χ0n) is 11.1. The fourth-order valence-electron chi connectivity index (χ4n) is 3.40. The molecule has 0 aromatic heterocycles. The molecule has 0 radical (unpaired) electrons. The molecule has 2 aliphatic heterocycles. The van der Waals surface area contributed by atoms with E-state index in [9.17, 15) is 4.79 Å². The predicted molar refractivity (Wildman–Crippen MR) is 68.1 cm³/mol. The molecule has 1 saturated carbocycles. The number of likely N-dealkylation sites (tertiary alicyclic amines) is 1. The van der Waals surface area contributed by atoms with E-state index >= 15 is 0 Å². The highest BCUT2D eigenvalue weighted by molar-refractivity contribution is 5.85. The molecule has 3 atom stereocenters. The van der Waals surface area contributed by atoms with Gasteiger partial charge in [-0.15, -0.1) is 0 Å². The van der Waals surface area contributed by atoms with E-state index in [1.54, 1.807) is 0 Å². The third-order valence-corrected chi connectivity index (χ3v) is 4.85. The topological polar surface area (TPSA) is 47.0 Å². The Bertz CT molecular complexity index is 328. The van der Waals surface area contributed by atoms with E-state index in [2.05, 4.69) is 16.8 Å². The van der Waals surface area contributed by atoms with Crippen molar-refractivity contribution in [3.8, 4) is 0 Å². The summed E-state index contributed by atoms with van der Waals surface area (Å²) in [6.07, 6.45) is 0. The zero-order chi connectivity index (χ0) is 12.7. The predicted octanol–water partition coefficient (Wildman–Crippen LogP) is -1.07.